The lowest BCUT2D eigenvalue weighted by atomic mass is 10.2. The van der Waals surface area contributed by atoms with Gasteiger partial charge in [-0.3, -0.25) is 0 Å². The summed E-state index contributed by atoms with van der Waals surface area (Å²) < 4.78 is 15.7. The van der Waals surface area contributed by atoms with Crippen LogP contribution in [0.5, 0.6) is 17.2 Å². The number of ether oxygens (including phenoxy) is 3. The Kier molecular flexibility index (Phi) is 5.96. The first kappa shape index (κ1) is 15.9. The second kappa shape index (κ2) is 7.47. The Labute approximate surface area is 119 Å². The summed E-state index contributed by atoms with van der Waals surface area (Å²) in [7, 11) is 4.59. The van der Waals surface area contributed by atoms with E-state index < -0.39 is 0 Å². The number of amides is 2. The molecule has 0 aliphatic carbocycles. The van der Waals surface area contributed by atoms with Gasteiger partial charge in [-0.15, -0.1) is 0 Å². The number of rotatable bonds is 6. The summed E-state index contributed by atoms with van der Waals surface area (Å²) in [5.41, 5.74) is 0.570. The minimum atomic E-state index is -0.270. The molecule has 1 atom stereocenters. The number of carbonyl (C=O) groups is 1. The van der Waals surface area contributed by atoms with Gasteiger partial charge in [-0.1, -0.05) is 6.92 Å². The van der Waals surface area contributed by atoms with Gasteiger partial charge in [0, 0.05) is 18.2 Å². The molecule has 20 heavy (non-hydrogen) atoms. The maximum Gasteiger partial charge on any atom is 0.319 e. The molecule has 0 saturated carbocycles. The fourth-order valence-electron chi connectivity index (χ4n) is 1.65. The summed E-state index contributed by atoms with van der Waals surface area (Å²) >= 11 is 0. The van der Waals surface area contributed by atoms with Crippen LogP contribution in [0.2, 0.25) is 0 Å². The highest BCUT2D eigenvalue weighted by Gasteiger charge is 2.14. The summed E-state index contributed by atoms with van der Waals surface area (Å²) in [6, 6.07) is 3.19. The van der Waals surface area contributed by atoms with E-state index in [4.69, 9.17) is 14.2 Å². The zero-order valence-electron chi connectivity index (χ0n) is 12.6. The third-order valence-corrected chi connectivity index (χ3v) is 2.91. The van der Waals surface area contributed by atoms with Gasteiger partial charge in [0.25, 0.3) is 0 Å². The highest BCUT2D eigenvalue weighted by Crippen LogP contribution is 2.39. The summed E-state index contributed by atoms with van der Waals surface area (Å²) in [6.45, 7) is 3.94. The van der Waals surface area contributed by atoms with E-state index >= 15 is 0 Å². The number of urea groups is 1. The lowest BCUT2D eigenvalue weighted by Gasteiger charge is -2.16. The molecule has 6 nitrogen and oxygen atoms in total. The number of hydrogen-bond donors (Lipinski definition) is 2. The van der Waals surface area contributed by atoms with Crippen molar-refractivity contribution in [2.24, 2.45) is 0 Å². The van der Waals surface area contributed by atoms with E-state index in [1.807, 2.05) is 13.8 Å². The lowest BCUT2D eigenvalue weighted by molar-refractivity contribution is 0.249. The van der Waals surface area contributed by atoms with Crippen molar-refractivity contribution in [2.75, 3.05) is 26.6 Å². The monoisotopic (exact) mass is 282 g/mol. The molecule has 0 saturated heterocycles. The summed E-state index contributed by atoms with van der Waals surface area (Å²) in [6.07, 6.45) is 0.864. The molecular weight excluding hydrogens is 260 g/mol. The number of carbonyl (C=O) groups excluding carboxylic acids is 1. The Morgan fingerprint density at radius 2 is 1.70 bits per heavy atom. The highest BCUT2D eigenvalue weighted by molar-refractivity contribution is 5.90. The molecule has 0 spiro atoms. The van der Waals surface area contributed by atoms with Gasteiger partial charge in [0.15, 0.2) is 11.5 Å². The van der Waals surface area contributed by atoms with Crippen molar-refractivity contribution in [2.45, 2.75) is 26.3 Å². The number of methoxy groups -OCH3 is 3. The molecule has 0 heterocycles. The lowest BCUT2D eigenvalue weighted by Crippen LogP contribution is -2.35. The van der Waals surface area contributed by atoms with Gasteiger partial charge in [-0.25, -0.2) is 4.79 Å². The van der Waals surface area contributed by atoms with Crippen LogP contribution >= 0.6 is 0 Å². The van der Waals surface area contributed by atoms with Gasteiger partial charge in [-0.2, -0.15) is 0 Å². The van der Waals surface area contributed by atoms with Crippen molar-refractivity contribution >= 4 is 11.7 Å². The highest BCUT2D eigenvalue weighted by atomic mass is 16.5. The molecule has 2 amide bonds. The standard InChI is InChI=1S/C14H22N2O4/c1-6-9(2)15-14(17)16-10-7-11(18-3)13(20-5)12(8-10)19-4/h7-9H,6H2,1-5H3,(H2,15,16,17). The first-order valence-corrected chi connectivity index (χ1v) is 6.43. The maximum absolute atomic E-state index is 11.8. The van der Waals surface area contributed by atoms with Gasteiger partial charge in [0.2, 0.25) is 5.75 Å². The Hall–Kier alpha value is -2.11. The predicted molar refractivity (Wildman–Crippen MR) is 78.0 cm³/mol. The molecule has 1 rings (SSSR count). The van der Waals surface area contributed by atoms with Gasteiger partial charge in [0.05, 0.1) is 27.0 Å². The molecule has 1 unspecified atom stereocenters. The average Bonchev–Trinajstić information content (AvgIpc) is 2.45. The first-order valence-electron chi connectivity index (χ1n) is 6.43. The number of nitrogens with one attached hydrogen (secondary N) is 2. The average molecular weight is 282 g/mol. The van der Waals surface area contributed by atoms with Gasteiger partial charge in [0.1, 0.15) is 0 Å². The number of hydrogen-bond acceptors (Lipinski definition) is 4. The van der Waals surface area contributed by atoms with Crippen molar-refractivity contribution < 1.29 is 19.0 Å². The topological polar surface area (TPSA) is 68.8 Å². The zero-order valence-corrected chi connectivity index (χ0v) is 12.6. The Balaban J connectivity index is 2.93. The van der Waals surface area contributed by atoms with Crippen molar-refractivity contribution in [3.8, 4) is 17.2 Å². The summed E-state index contributed by atoms with van der Waals surface area (Å²) in [5, 5.41) is 5.56. The van der Waals surface area contributed by atoms with Crippen LogP contribution in [-0.4, -0.2) is 33.4 Å². The molecule has 0 aliphatic heterocycles. The smallest absolute Gasteiger partial charge is 0.319 e. The Bertz CT molecular complexity index is 437. The molecule has 0 aromatic heterocycles. The molecule has 0 radical (unpaired) electrons. The third kappa shape index (κ3) is 3.94. The molecule has 6 heteroatoms. The molecule has 112 valence electrons. The van der Waals surface area contributed by atoms with Crippen molar-refractivity contribution in [3.05, 3.63) is 12.1 Å². The van der Waals surface area contributed by atoms with Crippen LogP contribution < -0.4 is 24.8 Å². The molecular formula is C14H22N2O4. The Morgan fingerprint density at radius 1 is 1.15 bits per heavy atom. The Morgan fingerprint density at radius 3 is 2.10 bits per heavy atom. The van der Waals surface area contributed by atoms with Crippen LogP contribution in [0, 0.1) is 0 Å². The fraction of sp³-hybridized carbons (Fsp3) is 0.500. The quantitative estimate of drug-likeness (QED) is 0.841. The van der Waals surface area contributed by atoms with Crippen LogP contribution in [0.4, 0.5) is 10.5 Å². The minimum Gasteiger partial charge on any atom is -0.493 e. The summed E-state index contributed by atoms with van der Waals surface area (Å²) in [4.78, 5) is 11.8. The largest absolute Gasteiger partial charge is 0.493 e. The van der Waals surface area contributed by atoms with Crippen molar-refractivity contribution in [1.29, 1.82) is 0 Å². The molecule has 0 bridgehead atoms. The second-order valence-electron chi connectivity index (χ2n) is 4.32. The fourth-order valence-corrected chi connectivity index (χ4v) is 1.65. The molecule has 0 fully saturated rings. The van der Waals surface area contributed by atoms with Crippen LogP contribution in [0.3, 0.4) is 0 Å². The number of anilines is 1. The van der Waals surface area contributed by atoms with Crippen molar-refractivity contribution in [1.82, 2.24) is 5.32 Å². The second-order valence-corrected chi connectivity index (χ2v) is 4.32. The van der Waals surface area contributed by atoms with Gasteiger partial charge < -0.3 is 24.8 Å². The van der Waals surface area contributed by atoms with Crippen LogP contribution in [-0.2, 0) is 0 Å². The summed E-state index contributed by atoms with van der Waals surface area (Å²) in [5.74, 6) is 1.47. The van der Waals surface area contributed by atoms with Gasteiger partial charge in [-0.05, 0) is 13.3 Å². The van der Waals surface area contributed by atoms with Crippen LogP contribution in [0.1, 0.15) is 20.3 Å². The normalized spacial score (nSPS) is 11.4. The predicted octanol–water partition coefficient (Wildman–Crippen LogP) is 2.63. The molecule has 1 aromatic rings. The van der Waals surface area contributed by atoms with Crippen LogP contribution in [0.25, 0.3) is 0 Å². The molecule has 1 aromatic carbocycles. The first-order chi connectivity index (χ1) is 9.55. The minimum absolute atomic E-state index is 0.108. The van der Waals surface area contributed by atoms with Crippen LogP contribution in [0.15, 0.2) is 12.1 Å². The zero-order chi connectivity index (χ0) is 15.1. The third-order valence-electron chi connectivity index (χ3n) is 2.91. The van der Waals surface area contributed by atoms with E-state index in [9.17, 15) is 4.79 Å². The van der Waals surface area contributed by atoms with E-state index in [1.54, 1.807) is 12.1 Å². The van der Waals surface area contributed by atoms with Gasteiger partial charge >= 0.3 is 6.03 Å². The van der Waals surface area contributed by atoms with E-state index in [-0.39, 0.29) is 12.1 Å². The van der Waals surface area contributed by atoms with E-state index in [1.165, 1.54) is 21.3 Å². The van der Waals surface area contributed by atoms with E-state index in [0.29, 0.717) is 22.9 Å². The molecule has 2 N–H and O–H groups in total. The van der Waals surface area contributed by atoms with Crippen molar-refractivity contribution in [3.63, 3.8) is 0 Å². The maximum atomic E-state index is 11.8. The number of benzene rings is 1. The molecule has 0 aliphatic rings. The SMILES string of the molecule is CCC(C)NC(=O)Nc1cc(OC)c(OC)c(OC)c1. The van der Waals surface area contributed by atoms with E-state index in [2.05, 4.69) is 10.6 Å². The van der Waals surface area contributed by atoms with E-state index in [0.717, 1.165) is 6.42 Å².